The number of carbonyl (C=O) groups is 4. The number of ether oxygens (including phenoxy) is 1. The average Bonchev–Trinajstić information content (AvgIpc) is 3.07. The number of Topliss-reactive ketones (excluding diaryl/α,β-unsaturated/α-hetero) is 1. The number of ketones is 1. The van der Waals surface area contributed by atoms with Crippen LogP contribution in [0.4, 0.5) is 17.1 Å². The largest absolute Gasteiger partial charge is 0.495 e. The number of hydrogen-bond donors (Lipinski definition) is 2. The second-order valence-electron chi connectivity index (χ2n) is 7.74. The summed E-state index contributed by atoms with van der Waals surface area (Å²) >= 11 is 12.3. The highest BCUT2D eigenvalue weighted by Gasteiger charge is 2.40. The van der Waals surface area contributed by atoms with Gasteiger partial charge in [-0.1, -0.05) is 29.3 Å². The van der Waals surface area contributed by atoms with Crippen molar-refractivity contribution in [1.29, 1.82) is 0 Å². The molecule has 0 aliphatic carbocycles. The number of amides is 3. The van der Waals surface area contributed by atoms with Gasteiger partial charge in [-0.3, -0.25) is 19.2 Å². The number of benzene rings is 3. The first-order chi connectivity index (χ1) is 17.2. The molecule has 36 heavy (non-hydrogen) atoms. The van der Waals surface area contributed by atoms with Crippen LogP contribution < -0.4 is 20.3 Å². The monoisotopic (exact) mass is 523 g/mol. The smallest absolute Gasteiger partial charge is 0.283 e. The number of carbonyl (C=O) groups excluding carboxylic acids is 4. The summed E-state index contributed by atoms with van der Waals surface area (Å²) in [6.45, 7) is 1.46. The second-order valence-corrected chi connectivity index (χ2v) is 8.56. The summed E-state index contributed by atoms with van der Waals surface area (Å²) in [5.41, 5.74) is 1.70. The highest BCUT2D eigenvalue weighted by Crippen LogP contribution is 2.37. The number of nitrogens with one attached hydrogen (secondary N) is 2. The minimum absolute atomic E-state index is 0.0769. The van der Waals surface area contributed by atoms with Crippen LogP contribution in [0.1, 0.15) is 27.6 Å². The number of nitrogens with zero attached hydrogens (tertiary/aromatic N) is 1. The maximum atomic E-state index is 13.1. The van der Waals surface area contributed by atoms with E-state index in [1.807, 2.05) is 0 Å². The van der Waals surface area contributed by atoms with Crippen LogP contribution in [0.2, 0.25) is 5.02 Å². The van der Waals surface area contributed by atoms with Crippen molar-refractivity contribution in [2.24, 2.45) is 0 Å². The van der Waals surface area contributed by atoms with E-state index >= 15 is 0 Å². The third-order valence-corrected chi connectivity index (χ3v) is 5.94. The molecule has 0 radical (unpaired) electrons. The predicted molar refractivity (Wildman–Crippen MR) is 138 cm³/mol. The van der Waals surface area contributed by atoms with E-state index < -0.39 is 17.7 Å². The van der Waals surface area contributed by atoms with Crippen LogP contribution in [-0.2, 0) is 9.59 Å². The summed E-state index contributed by atoms with van der Waals surface area (Å²) < 4.78 is 5.26. The molecule has 8 nitrogen and oxygen atoms in total. The number of rotatable bonds is 7. The SMILES string of the molecule is COc1ccc(Cl)cc1N1C(=O)C(Cl)=C(Nc2cccc(C(=O)Nc3ccc(C(C)=O)cc3)c2)C1=O. The molecule has 2 N–H and O–H groups in total. The summed E-state index contributed by atoms with van der Waals surface area (Å²) in [6, 6.07) is 17.4. The third kappa shape index (κ3) is 4.95. The van der Waals surface area contributed by atoms with Crippen LogP contribution in [0.3, 0.4) is 0 Å². The molecular formula is C26H19Cl2N3O5. The van der Waals surface area contributed by atoms with Crippen LogP contribution >= 0.6 is 23.2 Å². The Morgan fingerprint density at radius 1 is 0.861 bits per heavy atom. The van der Waals surface area contributed by atoms with Gasteiger partial charge >= 0.3 is 0 Å². The van der Waals surface area contributed by atoms with Gasteiger partial charge in [0.15, 0.2) is 5.78 Å². The fourth-order valence-corrected chi connectivity index (χ4v) is 3.92. The van der Waals surface area contributed by atoms with Crippen molar-refractivity contribution in [2.75, 3.05) is 22.6 Å². The fourth-order valence-electron chi connectivity index (χ4n) is 3.54. The van der Waals surface area contributed by atoms with Gasteiger partial charge < -0.3 is 15.4 Å². The molecule has 0 saturated heterocycles. The number of imide groups is 1. The van der Waals surface area contributed by atoms with Crippen molar-refractivity contribution < 1.29 is 23.9 Å². The molecule has 3 aromatic carbocycles. The Morgan fingerprint density at radius 2 is 1.58 bits per heavy atom. The highest BCUT2D eigenvalue weighted by atomic mass is 35.5. The number of halogens is 2. The summed E-state index contributed by atoms with van der Waals surface area (Å²) in [7, 11) is 1.40. The minimum Gasteiger partial charge on any atom is -0.495 e. The number of anilines is 3. The van der Waals surface area contributed by atoms with Crippen molar-refractivity contribution >= 4 is 63.8 Å². The van der Waals surface area contributed by atoms with Gasteiger partial charge in [-0.15, -0.1) is 0 Å². The first-order valence-electron chi connectivity index (χ1n) is 10.6. The Kier molecular flexibility index (Phi) is 7.10. The lowest BCUT2D eigenvalue weighted by molar-refractivity contribution is -0.120. The molecule has 3 aromatic rings. The second kappa shape index (κ2) is 10.2. The molecule has 10 heteroatoms. The first kappa shape index (κ1) is 25.0. The molecule has 0 unspecified atom stereocenters. The van der Waals surface area contributed by atoms with E-state index in [1.54, 1.807) is 48.5 Å². The molecule has 0 atom stereocenters. The molecule has 0 bridgehead atoms. The molecule has 0 saturated carbocycles. The first-order valence-corrected chi connectivity index (χ1v) is 11.4. The van der Waals surface area contributed by atoms with Gasteiger partial charge in [0.1, 0.15) is 16.5 Å². The summed E-state index contributed by atoms with van der Waals surface area (Å²) in [6.07, 6.45) is 0. The van der Waals surface area contributed by atoms with E-state index in [2.05, 4.69) is 10.6 Å². The van der Waals surface area contributed by atoms with Crippen LogP contribution in [0, 0.1) is 0 Å². The number of hydrogen-bond acceptors (Lipinski definition) is 6. The van der Waals surface area contributed by atoms with E-state index in [9.17, 15) is 19.2 Å². The molecule has 1 heterocycles. The quantitative estimate of drug-likeness (QED) is 0.324. The van der Waals surface area contributed by atoms with E-state index in [-0.39, 0.29) is 33.5 Å². The van der Waals surface area contributed by atoms with Crippen molar-refractivity contribution in [1.82, 2.24) is 0 Å². The van der Waals surface area contributed by atoms with Crippen LogP contribution in [0.5, 0.6) is 5.75 Å². The number of methoxy groups -OCH3 is 1. The van der Waals surface area contributed by atoms with Gasteiger partial charge in [-0.05, 0) is 67.6 Å². The topological polar surface area (TPSA) is 105 Å². The molecule has 0 spiro atoms. The van der Waals surface area contributed by atoms with Gasteiger partial charge in [0.2, 0.25) is 0 Å². The average molecular weight is 524 g/mol. The van der Waals surface area contributed by atoms with Gasteiger partial charge in [0.25, 0.3) is 17.7 Å². The van der Waals surface area contributed by atoms with Gasteiger partial charge in [0, 0.05) is 27.5 Å². The van der Waals surface area contributed by atoms with Crippen molar-refractivity contribution in [2.45, 2.75) is 6.92 Å². The zero-order valence-electron chi connectivity index (χ0n) is 19.1. The maximum absolute atomic E-state index is 13.1. The normalized spacial score (nSPS) is 13.2. The van der Waals surface area contributed by atoms with Crippen LogP contribution in [0.25, 0.3) is 0 Å². The van der Waals surface area contributed by atoms with E-state index in [0.717, 1.165) is 4.90 Å². The Labute approximate surface area is 216 Å². The summed E-state index contributed by atoms with van der Waals surface area (Å²) in [4.78, 5) is 51.0. The molecule has 0 fully saturated rings. The van der Waals surface area contributed by atoms with Gasteiger partial charge in [-0.25, -0.2) is 4.90 Å². The Morgan fingerprint density at radius 3 is 2.25 bits per heavy atom. The van der Waals surface area contributed by atoms with Crippen molar-refractivity contribution in [3.63, 3.8) is 0 Å². The zero-order valence-corrected chi connectivity index (χ0v) is 20.6. The summed E-state index contributed by atoms with van der Waals surface area (Å²) in [5.74, 6) is -1.67. The standard InChI is InChI=1S/C26H19Cl2N3O5/c1-14(32)15-6-9-18(10-7-15)30-24(33)16-4-3-5-19(12-16)29-23-22(28)25(34)31(26(23)35)20-13-17(27)8-11-21(20)36-2/h3-13,29H,1-2H3,(H,30,33). The van der Waals surface area contributed by atoms with E-state index in [1.165, 1.54) is 32.2 Å². The minimum atomic E-state index is -0.743. The molecule has 0 aromatic heterocycles. The van der Waals surface area contributed by atoms with Crippen molar-refractivity contribution in [3.8, 4) is 5.75 Å². The fraction of sp³-hybridized carbons (Fsp3) is 0.0769. The lowest BCUT2D eigenvalue weighted by atomic mass is 10.1. The van der Waals surface area contributed by atoms with E-state index in [0.29, 0.717) is 22.0 Å². The zero-order chi connectivity index (χ0) is 26.0. The Balaban J connectivity index is 1.54. The third-order valence-electron chi connectivity index (χ3n) is 5.35. The molecule has 3 amide bonds. The van der Waals surface area contributed by atoms with Crippen molar-refractivity contribution in [3.05, 3.63) is 93.6 Å². The highest BCUT2D eigenvalue weighted by molar-refractivity contribution is 6.53. The Bertz CT molecular complexity index is 1430. The molecule has 1 aliphatic heterocycles. The lowest BCUT2D eigenvalue weighted by Crippen LogP contribution is -2.32. The van der Waals surface area contributed by atoms with Crippen LogP contribution in [-0.4, -0.2) is 30.6 Å². The summed E-state index contributed by atoms with van der Waals surface area (Å²) in [5, 5.41) is 5.58. The molecular weight excluding hydrogens is 505 g/mol. The lowest BCUT2D eigenvalue weighted by Gasteiger charge is -2.18. The maximum Gasteiger partial charge on any atom is 0.283 e. The van der Waals surface area contributed by atoms with E-state index in [4.69, 9.17) is 27.9 Å². The molecule has 182 valence electrons. The van der Waals surface area contributed by atoms with Gasteiger partial charge in [0.05, 0.1) is 12.8 Å². The van der Waals surface area contributed by atoms with Gasteiger partial charge in [-0.2, -0.15) is 0 Å². The molecule has 1 aliphatic rings. The Hall–Kier alpha value is -4.14. The molecule has 4 rings (SSSR count). The predicted octanol–water partition coefficient (Wildman–Crippen LogP) is 5.24. The van der Waals surface area contributed by atoms with Crippen LogP contribution in [0.15, 0.2) is 77.5 Å².